The van der Waals surface area contributed by atoms with Crippen LogP contribution in [-0.2, 0) is 11.3 Å². The first-order valence-corrected chi connectivity index (χ1v) is 6.95. The molecular weight excluding hydrogens is 300 g/mol. The summed E-state index contributed by atoms with van der Waals surface area (Å²) in [6.07, 6.45) is 1.20. The van der Waals surface area contributed by atoms with Crippen LogP contribution < -0.4 is 10.1 Å². The second-order valence-corrected chi connectivity index (χ2v) is 5.89. The Morgan fingerprint density at radius 1 is 1.26 bits per heavy atom. The summed E-state index contributed by atoms with van der Waals surface area (Å²) in [5.41, 5.74) is 0.107. The average molecular weight is 318 g/mol. The van der Waals surface area contributed by atoms with Crippen LogP contribution in [0.15, 0.2) is 30.5 Å². The molecule has 1 heterocycles. The summed E-state index contributed by atoms with van der Waals surface area (Å²) >= 11 is 0. The molecule has 0 aliphatic rings. The smallest absolute Gasteiger partial charge is 0.358 e. The minimum atomic E-state index is -1.19. The summed E-state index contributed by atoms with van der Waals surface area (Å²) in [5, 5.41) is 18.5. The van der Waals surface area contributed by atoms with Crippen molar-refractivity contribution in [1.82, 2.24) is 15.0 Å². The van der Waals surface area contributed by atoms with Crippen molar-refractivity contribution in [2.24, 2.45) is 0 Å². The van der Waals surface area contributed by atoms with Gasteiger partial charge in [0.2, 0.25) is 5.91 Å². The van der Waals surface area contributed by atoms with E-state index in [4.69, 9.17) is 9.84 Å². The molecule has 0 atom stereocenters. The van der Waals surface area contributed by atoms with Crippen LogP contribution in [0.2, 0.25) is 0 Å². The van der Waals surface area contributed by atoms with Gasteiger partial charge in [0, 0.05) is 5.69 Å². The number of anilines is 1. The Morgan fingerprint density at radius 2 is 1.91 bits per heavy atom. The van der Waals surface area contributed by atoms with Gasteiger partial charge in [0.1, 0.15) is 17.9 Å². The molecule has 8 heteroatoms. The quantitative estimate of drug-likeness (QED) is 0.870. The monoisotopic (exact) mass is 318 g/mol. The van der Waals surface area contributed by atoms with Crippen LogP contribution >= 0.6 is 0 Å². The van der Waals surface area contributed by atoms with Gasteiger partial charge in [-0.3, -0.25) is 4.79 Å². The highest BCUT2D eigenvalue weighted by Gasteiger charge is 2.12. The lowest BCUT2D eigenvalue weighted by molar-refractivity contribution is -0.116. The lowest BCUT2D eigenvalue weighted by Gasteiger charge is -2.21. The molecule has 1 aromatic heterocycles. The van der Waals surface area contributed by atoms with E-state index in [1.165, 1.54) is 6.20 Å². The molecule has 2 aromatic rings. The number of hydrogen-bond donors (Lipinski definition) is 2. The van der Waals surface area contributed by atoms with Gasteiger partial charge < -0.3 is 15.2 Å². The predicted octanol–water partition coefficient (Wildman–Crippen LogP) is 1.79. The highest BCUT2D eigenvalue weighted by atomic mass is 16.5. The number of ether oxygens (including phenoxy) is 1. The highest BCUT2D eigenvalue weighted by Crippen LogP contribution is 2.20. The Kier molecular flexibility index (Phi) is 4.63. The first kappa shape index (κ1) is 16.5. The number of carboxylic acid groups (broad SMARTS) is 1. The molecule has 2 N–H and O–H groups in total. The zero-order valence-electron chi connectivity index (χ0n) is 13.1. The molecule has 0 aliphatic carbocycles. The van der Waals surface area contributed by atoms with E-state index < -0.39 is 5.97 Å². The molecule has 0 fully saturated rings. The van der Waals surface area contributed by atoms with Crippen molar-refractivity contribution in [3.05, 3.63) is 36.2 Å². The molecule has 122 valence electrons. The Bertz CT molecular complexity index is 701. The third kappa shape index (κ3) is 5.10. The van der Waals surface area contributed by atoms with E-state index in [1.807, 2.05) is 20.8 Å². The van der Waals surface area contributed by atoms with Gasteiger partial charge in [-0.05, 0) is 45.0 Å². The Labute approximate surface area is 133 Å². The average Bonchev–Trinajstić information content (AvgIpc) is 2.88. The second-order valence-electron chi connectivity index (χ2n) is 5.89. The molecule has 0 unspecified atom stereocenters. The summed E-state index contributed by atoms with van der Waals surface area (Å²) in [6, 6.07) is 6.98. The molecule has 0 radical (unpaired) electrons. The molecule has 8 nitrogen and oxygen atoms in total. The number of rotatable bonds is 5. The molecule has 0 aliphatic heterocycles. The predicted molar refractivity (Wildman–Crippen MR) is 82.4 cm³/mol. The van der Waals surface area contributed by atoms with Crippen molar-refractivity contribution in [3.8, 4) is 5.75 Å². The van der Waals surface area contributed by atoms with Crippen LogP contribution in [0, 0.1) is 0 Å². The number of benzene rings is 1. The summed E-state index contributed by atoms with van der Waals surface area (Å²) < 4.78 is 6.85. The van der Waals surface area contributed by atoms with Crippen LogP contribution in [0.1, 0.15) is 31.3 Å². The summed E-state index contributed by atoms with van der Waals surface area (Å²) in [5.74, 6) is -0.819. The van der Waals surface area contributed by atoms with Gasteiger partial charge in [0.25, 0.3) is 0 Å². The molecular formula is C15H18N4O4. The van der Waals surface area contributed by atoms with Crippen LogP contribution in [-0.4, -0.2) is 37.6 Å². The number of carboxylic acids is 1. The maximum absolute atomic E-state index is 11.9. The first-order chi connectivity index (χ1) is 10.7. The van der Waals surface area contributed by atoms with Crippen LogP contribution in [0.3, 0.4) is 0 Å². The van der Waals surface area contributed by atoms with E-state index in [0.717, 1.165) is 4.68 Å². The molecule has 0 saturated carbocycles. The van der Waals surface area contributed by atoms with E-state index in [9.17, 15) is 9.59 Å². The fourth-order valence-corrected chi connectivity index (χ4v) is 1.78. The van der Waals surface area contributed by atoms with Crippen LogP contribution in [0.25, 0.3) is 0 Å². The standard InChI is InChI=1S/C15H18N4O4/c1-15(2,3)23-11-6-4-10(5-7-11)16-13(20)9-19-8-12(14(21)22)17-18-19/h4-8H,9H2,1-3H3,(H,16,20)(H,21,22). The number of aromatic nitrogens is 3. The van der Waals surface area contributed by atoms with E-state index >= 15 is 0 Å². The zero-order valence-corrected chi connectivity index (χ0v) is 13.1. The maximum Gasteiger partial charge on any atom is 0.358 e. The van der Waals surface area contributed by atoms with Crippen molar-refractivity contribution in [1.29, 1.82) is 0 Å². The van der Waals surface area contributed by atoms with Gasteiger partial charge in [-0.2, -0.15) is 0 Å². The SMILES string of the molecule is CC(C)(C)Oc1ccc(NC(=O)Cn2cc(C(=O)O)nn2)cc1. The van der Waals surface area contributed by atoms with Crippen molar-refractivity contribution in [2.45, 2.75) is 32.9 Å². The van der Waals surface area contributed by atoms with Crippen molar-refractivity contribution >= 4 is 17.6 Å². The third-order valence-electron chi connectivity index (χ3n) is 2.63. The molecule has 1 amide bonds. The molecule has 0 saturated heterocycles. The van der Waals surface area contributed by atoms with Crippen LogP contribution in [0.4, 0.5) is 5.69 Å². The Hall–Kier alpha value is -2.90. The number of carbonyl (C=O) groups excluding carboxylic acids is 1. The lowest BCUT2D eigenvalue weighted by atomic mass is 10.2. The Morgan fingerprint density at radius 3 is 2.43 bits per heavy atom. The zero-order chi connectivity index (χ0) is 17.0. The minimum absolute atomic E-state index is 0.124. The van der Waals surface area contributed by atoms with E-state index in [2.05, 4.69) is 15.6 Å². The fourth-order valence-electron chi connectivity index (χ4n) is 1.78. The van der Waals surface area contributed by atoms with Crippen molar-refractivity contribution in [2.75, 3.05) is 5.32 Å². The largest absolute Gasteiger partial charge is 0.488 e. The molecule has 0 spiro atoms. The molecule has 2 rings (SSSR count). The summed E-state index contributed by atoms with van der Waals surface area (Å²) in [7, 11) is 0. The summed E-state index contributed by atoms with van der Waals surface area (Å²) in [6.45, 7) is 5.73. The molecule has 1 aromatic carbocycles. The normalized spacial score (nSPS) is 11.1. The number of nitrogens with zero attached hydrogens (tertiary/aromatic N) is 3. The van der Waals surface area contributed by atoms with E-state index in [-0.39, 0.29) is 23.7 Å². The topological polar surface area (TPSA) is 106 Å². The fraction of sp³-hybridized carbons (Fsp3) is 0.333. The van der Waals surface area contributed by atoms with Gasteiger partial charge in [-0.15, -0.1) is 5.10 Å². The summed E-state index contributed by atoms with van der Waals surface area (Å²) in [4.78, 5) is 22.6. The first-order valence-electron chi connectivity index (χ1n) is 6.95. The number of nitrogens with one attached hydrogen (secondary N) is 1. The minimum Gasteiger partial charge on any atom is -0.488 e. The maximum atomic E-state index is 11.9. The van der Waals surface area contributed by atoms with E-state index in [0.29, 0.717) is 11.4 Å². The third-order valence-corrected chi connectivity index (χ3v) is 2.63. The number of aromatic carboxylic acids is 1. The van der Waals surface area contributed by atoms with Crippen LogP contribution in [0.5, 0.6) is 5.75 Å². The second kappa shape index (κ2) is 6.47. The van der Waals surface area contributed by atoms with Gasteiger partial charge in [0.15, 0.2) is 5.69 Å². The molecule has 0 bridgehead atoms. The van der Waals surface area contributed by atoms with Crippen molar-refractivity contribution < 1.29 is 19.4 Å². The molecule has 23 heavy (non-hydrogen) atoms. The lowest BCUT2D eigenvalue weighted by Crippen LogP contribution is -2.23. The number of amides is 1. The number of hydrogen-bond acceptors (Lipinski definition) is 5. The van der Waals surface area contributed by atoms with Crippen molar-refractivity contribution in [3.63, 3.8) is 0 Å². The Balaban J connectivity index is 1.93. The van der Waals surface area contributed by atoms with Gasteiger partial charge in [0.05, 0.1) is 6.20 Å². The number of carbonyl (C=O) groups is 2. The van der Waals surface area contributed by atoms with E-state index in [1.54, 1.807) is 24.3 Å². The highest BCUT2D eigenvalue weighted by molar-refractivity contribution is 5.90. The van der Waals surface area contributed by atoms with Gasteiger partial charge >= 0.3 is 5.97 Å². The van der Waals surface area contributed by atoms with Gasteiger partial charge in [-0.25, -0.2) is 9.48 Å². The van der Waals surface area contributed by atoms with Gasteiger partial charge in [-0.1, -0.05) is 5.21 Å².